The fourth-order valence-corrected chi connectivity index (χ4v) is 4.61. The summed E-state index contributed by atoms with van der Waals surface area (Å²) in [6, 6.07) is 5.33. The van der Waals surface area contributed by atoms with E-state index in [1.165, 1.54) is 0 Å². The minimum atomic E-state index is -0.292. The van der Waals surface area contributed by atoms with Crippen molar-refractivity contribution in [2.45, 2.75) is 12.5 Å². The molecule has 0 saturated heterocycles. The zero-order chi connectivity index (χ0) is 21.5. The van der Waals surface area contributed by atoms with Crippen molar-refractivity contribution in [1.82, 2.24) is 15.0 Å². The average molecular weight is 422 g/mol. The summed E-state index contributed by atoms with van der Waals surface area (Å²) in [6.45, 7) is 0. The molecule has 10 nitrogen and oxygen atoms in total. The number of nitrogens with zero attached hydrogens (tertiary/aromatic N) is 2. The molecular formula is C21H24N7O3+. The maximum atomic E-state index is 12.1. The van der Waals surface area contributed by atoms with Gasteiger partial charge in [0.05, 0.1) is 20.1 Å². The number of ether oxygens (including phenoxy) is 2. The van der Waals surface area contributed by atoms with Gasteiger partial charge in [-0.15, -0.1) is 0 Å². The van der Waals surface area contributed by atoms with Crippen molar-refractivity contribution >= 4 is 34.5 Å². The van der Waals surface area contributed by atoms with Gasteiger partial charge >= 0.3 is 11.6 Å². The zero-order valence-corrected chi connectivity index (χ0v) is 17.2. The lowest BCUT2D eigenvalue weighted by molar-refractivity contribution is -0.347. The first-order valence-corrected chi connectivity index (χ1v) is 10.1. The maximum absolute atomic E-state index is 12.1. The molecule has 1 aromatic carbocycles. The largest absolute Gasteiger partial charge is 0.497 e. The third-order valence-corrected chi connectivity index (χ3v) is 6.03. The van der Waals surface area contributed by atoms with Crippen LogP contribution in [0.25, 0.3) is 11.2 Å². The average Bonchev–Trinajstić information content (AvgIpc) is 3.49. The smallest absolute Gasteiger partial charge is 0.307 e. The van der Waals surface area contributed by atoms with E-state index in [1.54, 1.807) is 26.6 Å². The van der Waals surface area contributed by atoms with Crippen LogP contribution in [0.1, 0.15) is 6.42 Å². The molecule has 2 aliphatic rings. The van der Waals surface area contributed by atoms with Crippen LogP contribution in [0.4, 0.5) is 17.5 Å². The SMILES string of the molecule is COc1cc(Nc2nc(NC3C4C=CC(C4)C3C(N)=O)c3[nH]c[nH+]c3n2)cc(OC)c1. The lowest BCUT2D eigenvalue weighted by Crippen LogP contribution is -2.41. The second-order valence-electron chi connectivity index (χ2n) is 7.83. The fourth-order valence-electron chi connectivity index (χ4n) is 4.61. The predicted molar refractivity (Wildman–Crippen MR) is 114 cm³/mol. The summed E-state index contributed by atoms with van der Waals surface area (Å²) in [5, 5.41) is 6.67. The van der Waals surface area contributed by atoms with Gasteiger partial charge in [-0.3, -0.25) is 9.78 Å². The number of amides is 1. The molecule has 2 aromatic heterocycles. The van der Waals surface area contributed by atoms with E-state index in [-0.39, 0.29) is 29.7 Å². The third-order valence-electron chi connectivity index (χ3n) is 6.03. The summed E-state index contributed by atoms with van der Waals surface area (Å²) in [7, 11) is 3.19. The monoisotopic (exact) mass is 422 g/mol. The highest BCUT2D eigenvalue weighted by atomic mass is 16.5. The van der Waals surface area contributed by atoms with Crippen LogP contribution in [0.15, 0.2) is 36.7 Å². The van der Waals surface area contributed by atoms with E-state index in [9.17, 15) is 4.79 Å². The molecule has 1 amide bonds. The van der Waals surface area contributed by atoms with Crippen molar-refractivity contribution in [2.24, 2.45) is 23.5 Å². The molecule has 5 rings (SSSR count). The van der Waals surface area contributed by atoms with Crippen LogP contribution in [0.2, 0.25) is 0 Å². The van der Waals surface area contributed by atoms with E-state index in [0.717, 1.165) is 17.6 Å². The van der Waals surface area contributed by atoms with Gasteiger partial charge in [-0.1, -0.05) is 17.1 Å². The van der Waals surface area contributed by atoms with Crippen LogP contribution in [0, 0.1) is 17.8 Å². The quantitative estimate of drug-likeness (QED) is 0.424. The molecule has 0 radical (unpaired) electrons. The van der Waals surface area contributed by atoms with E-state index in [2.05, 4.69) is 42.7 Å². The first kappa shape index (κ1) is 19.2. The Balaban J connectivity index is 1.48. The number of primary amides is 1. The number of carbonyl (C=O) groups excluding carboxylic acids is 1. The number of aromatic amines is 2. The normalized spacial score (nSPS) is 23.8. The number of anilines is 3. The summed E-state index contributed by atoms with van der Waals surface area (Å²) in [4.78, 5) is 27.5. The van der Waals surface area contributed by atoms with E-state index < -0.39 is 0 Å². The minimum absolute atomic E-state index is 0.112. The highest BCUT2D eigenvalue weighted by molar-refractivity contribution is 5.84. The van der Waals surface area contributed by atoms with Crippen molar-refractivity contribution in [1.29, 1.82) is 0 Å². The van der Waals surface area contributed by atoms with Crippen LogP contribution in [0.3, 0.4) is 0 Å². The highest BCUT2D eigenvalue weighted by Crippen LogP contribution is 2.45. The standard InChI is InChI=1S/C21H23N7O3/c1-30-13-6-12(7-14(8-13)31-2)25-21-27-19-17(23-9-24-19)20(28-21)26-16-11-4-3-10(5-11)15(16)18(22)29/h3-4,6-11,15-16H,5H2,1-2H3,(H2,22,29)(H3,23,24,25,26,27,28)/p+1. The second kappa shape index (κ2) is 7.46. The van der Waals surface area contributed by atoms with Gasteiger partial charge in [0.15, 0.2) is 12.1 Å². The number of methoxy groups -OCH3 is 2. The Morgan fingerprint density at radius 3 is 2.61 bits per heavy atom. The highest BCUT2D eigenvalue weighted by Gasteiger charge is 2.47. The molecule has 160 valence electrons. The van der Waals surface area contributed by atoms with Crippen molar-refractivity contribution in [2.75, 3.05) is 24.9 Å². The topological polar surface area (TPSA) is 141 Å². The van der Waals surface area contributed by atoms with Gasteiger partial charge in [-0.05, 0) is 18.3 Å². The molecule has 2 bridgehead atoms. The molecule has 3 aromatic rings. The molecule has 6 N–H and O–H groups in total. The number of H-pyrrole nitrogens is 2. The van der Waals surface area contributed by atoms with Gasteiger partial charge < -0.3 is 25.8 Å². The predicted octanol–water partition coefficient (Wildman–Crippen LogP) is 1.62. The number of aromatic nitrogens is 4. The molecule has 31 heavy (non-hydrogen) atoms. The van der Waals surface area contributed by atoms with Crippen LogP contribution < -0.4 is 30.8 Å². The molecule has 4 atom stereocenters. The lowest BCUT2D eigenvalue weighted by atomic mass is 9.88. The summed E-state index contributed by atoms with van der Waals surface area (Å²) < 4.78 is 10.7. The number of imidazole rings is 1. The Bertz CT molecular complexity index is 1150. The molecule has 0 aliphatic heterocycles. The summed E-state index contributed by atoms with van der Waals surface area (Å²) >= 11 is 0. The van der Waals surface area contributed by atoms with Crippen LogP contribution in [-0.4, -0.2) is 41.1 Å². The summed E-state index contributed by atoms with van der Waals surface area (Å²) in [6.07, 6.45) is 6.86. The Morgan fingerprint density at radius 1 is 1.16 bits per heavy atom. The first-order valence-electron chi connectivity index (χ1n) is 10.1. The number of carbonyl (C=O) groups is 1. The molecule has 1 fully saturated rings. The van der Waals surface area contributed by atoms with E-state index in [1.807, 2.05) is 12.1 Å². The molecule has 10 heteroatoms. The summed E-state index contributed by atoms with van der Waals surface area (Å²) in [5.41, 5.74) is 7.78. The molecule has 2 aliphatic carbocycles. The first-order chi connectivity index (χ1) is 15.1. The van der Waals surface area contributed by atoms with Crippen LogP contribution in [-0.2, 0) is 4.79 Å². The number of nitrogens with two attached hydrogens (primary N) is 1. The van der Waals surface area contributed by atoms with Crippen molar-refractivity contribution in [3.05, 3.63) is 36.7 Å². The third kappa shape index (κ3) is 3.39. The van der Waals surface area contributed by atoms with Crippen molar-refractivity contribution in [3.8, 4) is 11.5 Å². The van der Waals surface area contributed by atoms with Gasteiger partial charge in [0.25, 0.3) is 0 Å². The van der Waals surface area contributed by atoms with Gasteiger partial charge in [0, 0.05) is 29.9 Å². The number of benzene rings is 1. The fraction of sp³-hybridized carbons (Fsp3) is 0.333. The van der Waals surface area contributed by atoms with Crippen molar-refractivity contribution in [3.63, 3.8) is 0 Å². The molecule has 2 heterocycles. The number of rotatable bonds is 7. The molecule has 1 saturated carbocycles. The van der Waals surface area contributed by atoms with Gasteiger partial charge in [-0.25, -0.2) is 4.98 Å². The van der Waals surface area contributed by atoms with Gasteiger partial charge in [-0.2, -0.15) is 4.98 Å². The number of fused-ring (bicyclic) bond motifs is 3. The van der Waals surface area contributed by atoms with Gasteiger partial charge in [0.2, 0.25) is 11.4 Å². The van der Waals surface area contributed by atoms with Gasteiger partial charge in [0.1, 0.15) is 11.5 Å². The lowest BCUT2D eigenvalue weighted by Gasteiger charge is -2.26. The zero-order valence-electron chi connectivity index (χ0n) is 17.2. The maximum Gasteiger partial charge on any atom is 0.307 e. The Morgan fingerprint density at radius 2 is 1.90 bits per heavy atom. The summed E-state index contributed by atoms with van der Waals surface area (Å²) in [5.74, 6) is 2.13. The Kier molecular flexibility index (Phi) is 4.61. The number of hydrogen-bond acceptors (Lipinski definition) is 7. The second-order valence-corrected chi connectivity index (χ2v) is 7.83. The van der Waals surface area contributed by atoms with E-state index in [0.29, 0.717) is 28.9 Å². The number of nitrogens with one attached hydrogen (secondary N) is 4. The Hall–Kier alpha value is -3.82. The van der Waals surface area contributed by atoms with Crippen LogP contribution in [0.5, 0.6) is 11.5 Å². The molecule has 0 spiro atoms. The van der Waals surface area contributed by atoms with E-state index >= 15 is 0 Å². The van der Waals surface area contributed by atoms with E-state index in [4.69, 9.17) is 15.2 Å². The van der Waals surface area contributed by atoms with Crippen molar-refractivity contribution < 1.29 is 19.3 Å². The molecular weight excluding hydrogens is 398 g/mol. The number of hydrogen-bond donors (Lipinski definition) is 4. The molecule has 4 unspecified atom stereocenters. The number of allylic oxidation sites excluding steroid dienone is 1. The van der Waals surface area contributed by atoms with Crippen LogP contribution >= 0.6 is 0 Å². The Labute approximate surface area is 178 Å². The minimum Gasteiger partial charge on any atom is -0.497 e.